The van der Waals surface area contributed by atoms with Crippen molar-refractivity contribution >= 4 is 17.9 Å². The molecular formula is C11H14ClNO4. The van der Waals surface area contributed by atoms with Crippen LogP contribution in [0.3, 0.4) is 0 Å². The number of halogens is 1. The van der Waals surface area contributed by atoms with Crippen molar-refractivity contribution in [3.63, 3.8) is 0 Å². The second-order valence-electron chi connectivity index (χ2n) is 3.33. The zero-order valence-corrected chi connectivity index (χ0v) is 10.3. The van der Waals surface area contributed by atoms with Gasteiger partial charge in [0.2, 0.25) is 0 Å². The molecule has 3 N–H and O–H groups in total. The topological polar surface area (TPSA) is 81.8 Å². The summed E-state index contributed by atoms with van der Waals surface area (Å²) in [5.74, 6) is 0.523. The maximum atomic E-state index is 10.9. The minimum Gasteiger partial charge on any atom is -0.492 e. The van der Waals surface area contributed by atoms with E-state index < -0.39 is 6.04 Å². The van der Waals surface area contributed by atoms with E-state index in [1.807, 2.05) is 0 Å². The number of nitrogens with two attached hydrogens (primary N) is 1. The highest BCUT2D eigenvalue weighted by Gasteiger charge is 2.22. The molecule has 1 aromatic rings. The summed E-state index contributed by atoms with van der Waals surface area (Å²) in [6.07, 6.45) is 0.613. The van der Waals surface area contributed by atoms with Gasteiger partial charge in [0.15, 0.2) is 17.8 Å². The van der Waals surface area contributed by atoms with Gasteiger partial charge in [-0.2, -0.15) is 0 Å². The van der Waals surface area contributed by atoms with E-state index in [4.69, 9.17) is 31.9 Å². The lowest BCUT2D eigenvalue weighted by Gasteiger charge is -2.19. The minimum absolute atomic E-state index is 0.255. The summed E-state index contributed by atoms with van der Waals surface area (Å²) in [5.41, 5.74) is 6.41. The number of benzene rings is 1. The lowest BCUT2D eigenvalue weighted by atomic mass is 10.0. The molecule has 17 heavy (non-hydrogen) atoms. The Balaban J connectivity index is 3.54. The second kappa shape index (κ2) is 5.86. The van der Waals surface area contributed by atoms with Crippen molar-refractivity contribution in [2.75, 3.05) is 20.8 Å². The number of aliphatic hydroxyl groups is 1. The average molecular weight is 260 g/mol. The predicted molar refractivity (Wildman–Crippen MR) is 64.0 cm³/mol. The molecule has 0 aliphatic rings. The van der Waals surface area contributed by atoms with Gasteiger partial charge in [0, 0.05) is 5.56 Å². The van der Waals surface area contributed by atoms with Crippen molar-refractivity contribution in [1.82, 2.24) is 0 Å². The normalized spacial score (nSPS) is 12.1. The van der Waals surface area contributed by atoms with Gasteiger partial charge in [-0.1, -0.05) is 11.6 Å². The van der Waals surface area contributed by atoms with E-state index in [0.29, 0.717) is 11.8 Å². The van der Waals surface area contributed by atoms with Crippen LogP contribution in [-0.4, -0.2) is 32.2 Å². The summed E-state index contributed by atoms with van der Waals surface area (Å²) >= 11 is 6.01. The maximum Gasteiger partial charge on any atom is 0.171 e. The van der Waals surface area contributed by atoms with Gasteiger partial charge in [-0.15, -0.1) is 0 Å². The van der Waals surface area contributed by atoms with Gasteiger partial charge in [0.05, 0.1) is 37.5 Å². The van der Waals surface area contributed by atoms with Gasteiger partial charge in [-0.3, -0.25) is 4.79 Å². The largest absolute Gasteiger partial charge is 0.492 e. The molecule has 1 aromatic carbocycles. The van der Waals surface area contributed by atoms with E-state index >= 15 is 0 Å². The molecule has 1 rings (SSSR count). The number of rotatable bonds is 5. The standard InChI is InChI=1S/C11H14ClNO4/c1-16-10-6(4-14)3-7(12)9(8(13)5-15)11(10)17-2/h3-4,8,15H,5,13H2,1-2H3. The number of ether oxygens (including phenoxy) is 2. The lowest BCUT2D eigenvalue weighted by molar-refractivity contribution is 0.112. The fourth-order valence-electron chi connectivity index (χ4n) is 1.58. The molecule has 1 unspecified atom stereocenters. The van der Waals surface area contributed by atoms with Gasteiger partial charge >= 0.3 is 0 Å². The summed E-state index contributed by atoms with van der Waals surface area (Å²) in [4.78, 5) is 10.9. The van der Waals surface area contributed by atoms with Crippen LogP contribution in [0.2, 0.25) is 5.02 Å². The third-order valence-electron chi connectivity index (χ3n) is 2.36. The first-order valence-corrected chi connectivity index (χ1v) is 5.24. The fraction of sp³-hybridized carbons (Fsp3) is 0.364. The third kappa shape index (κ3) is 2.52. The Morgan fingerprint density at radius 3 is 2.47 bits per heavy atom. The van der Waals surface area contributed by atoms with Gasteiger partial charge < -0.3 is 20.3 Å². The highest BCUT2D eigenvalue weighted by molar-refractivity contribution is 6.32. The van der Waals surface area contributed by atoms with Crippen molar-refractivity contribution in [3.05, 3.63) is 22.2 Å². The Hall–Kier alpha value is -1.30. The molecule has 0 aliphatic heterocycles. The number of aldehydes is 1. The van der Waals surface area contributed by atoms with Gasteiger partial charge in [-0.25, -0.2) is 0 Å². The zero-order valence-electron chi connectivity index (χ0n) is 9.57. The highest BCUT2D eigenvalue weighted by Crippen LogP contribution is 2.41. The summed E-state index contributed by atoms with van der Waals surface area (Å²) in [6, 6.07) is 0.730. The van der Waals surface area contributed by atoms with Crippen LogP contribution in [-0.2, 0) is 0 Å². The smallest absolute Gasteiger partial charge is 0.171 e. The van der Waals surface area contributed by atoms with Crippen LogP contribution in [0.5, 0.6) is 11.5 Å². The zero-order chi connectivity index (χ0) is 13.0. The number of methoxy groups -OCH3 is 2. The molecule has 94 valence electrons. The van der Waals surface area contributed by atoms with Gasteiger partial charge in [0.25, 0.3) is 0 Å². The van der Waals surface area contributed by atoms with E-state index in [2.05, 4.69) is 0 Å². The van der Waals surface area contributed by atoms with Crippen molar-refractivity contribution in [2.24, 2.45) is 5.73 Å². The van der Waals surface area contributed by atoms with E-state index in [0.717, 1.165) is 0 Å². The molecule has 0 saturated heterocycles. The van der Waals surface area contributed by atoms with E-state index in [-0.39, 0.29) is 28.7 Å². The van der Waals surface area contributed by atoms with Crippen LogP contribution >= 0.6 is 11.6 Å². The molecular weight excluding hydrogens is 246 g/mol. The Morgan fingerprint density at radius 2 is 2.06 bits per heavy atom. The number of carbonyl (C=O) groups is 1. The van der Waals surface area contributed by atoms with Crippen LogP contribution in [0, 0.1) is 0 Å². The fourth-order valence-corrected chi connectivity index (χ4v) is 1.92. The number of hydrogen-bond acceptors (Lipinski definition) is 5. The van der Waals surface area contributed by atoms with Crippen LogP contribution < -0.4 is 15.2 Å². The molecule has 0 radical (unpaired) electrons. The molecule has 0 heterocycles. The molecule has 0 fully saturated rings. The van der Waals surface area contributed by atoms with Crippen molar-refractivity contribution in [3.8, 4) is 11.5 Å². The molecule has 0 amide bonds. The molecule has 0 saturated carbocycles. The van der Waals surface area contributed by atoms with Crippen molar-refractivity contribution in [2.45, 2.75) is 6.04 Å². The molecule has 0 bridgehead atoms. The summed E-state index contributed by atoms with van der Waals surface area (Å²) in [5, 5.41) is 9.33. The Labute approximate surface area is 104 Å². The predicted octanol–water partition coefficient (Wildman–Crippen LogP) is 1.16. The Kier molecular flexibility index (Phi) is 4.74. The molecule has 5 nitrogen and oxygen atoms in total. The summed E-state index contributed by atoms with van der Waals surface area (Å²) in [7, 11) is 2.82. The van der Waals surface area contributed by atoms with Crippen LogP contribution in [0.1, 0.15) is 22.0 Å². The number of carbonyl (C=O) groups excluding carboxylic acids is 1. The first-order valence-electron chi connectivity index (χ1n) is 4.86. The van der Waals surface area contributed by atoms with Gasteiger partial charge in [-0.05, 0) is 6.07 Å². The Bertz CT molecular complexity index is 422. The lowest BCUT2D eigenvalue weighted by Crippen LogP contribution is -2.17. The SMILES string of the molecule is COc1c(C=O)cc(Cl)c(C(N)CO)c1OC. The minimum atomic E-state index is -0.702. The number of hydrogen-bond donors (Lipinski definition) is 2. The van der Waals surface area contributed by atoms with E-state index in [1.54, 1.807) is 0 Å². The van der Waals surface area contributed by atoms with Crippen molar-refractivity contribution < 1.29 is 19.4 Å². The van der Waals surface area contributed by atoms with E-state index in [1.165, 1.54) is 20.3 Å². The maximum absolute atomic E-state index is 10.9. The third-order valence-corrected chi connectivity index (χ3v) is 2.67. The quantitative estimate of drug-likeness (QED) is 0.776. The molecule has 1 atom stereocenters. The monoisotopic (exact) mass is 259 g/mol. The van der Waals surface area contributed by atoms with Gasteiger partial charge in [0.1, 0.15) is 0 Å². The van der Waals surface area contributed by atoms with Crippen LogP contribution in [0.25, 0.3) is 0 Å². The first-order chi connectivity index (χ1) is 8.10. The Morgan fingerprint density at radius 1 is 1.47 bits per heavy atom. The summed E-state index contributed by atoms with van der Waals surface area (Å²) in [6.45, 7) is -0.292. The van der Waals surface area contributed by atoms with Crippen LogP contribution in [0.15, 0.2) is 6.07 Å². The molecule has 6 heteroatoms. The average Bonchev–Trinajstić information content (AvgIpc) is 2.36. The summed E-state index contributed by atoms with van der Waals surface area (Å²) < 4.78 is 10.3. The molecule has 0 aromatic heterocycles. The van der Waals surface area contributed by atoms with E-state index in [9.17, 15) is 4.79 Å². The van der Waals surface area contributed by atoms with Crippen molar-refractivity contribution in [1.29, 1.82) is 0 Å². The van der Waals surface area contributed by atoms with Crippen LogP contribution in [0.4, 0.5) is 0 Å². The molecule has 0 aliphatic carbocycles. The first kappa shape index (κ1) is 13.8. The highest BCUT2D eigenvalue weighted by atomic mass is 35.5. The second-order valence-corrected chi connectivity index (χ2v) is 3.74. The molecule has 0 spiro atoms. The number of aliphatic hydroxyl groups excluding tert-OH is 1.